The van der Waals surface area contributed by atoms with Gasteiger partial charge < -0.3 is 10.2 Å². The molecule has 1 aliphatic heterocycles. The summed E-state index contributed by atoms with van der Waals surface area (Å²) >= 11 is 5.96. The molecular weight excluding hydrogens is 231 g/mol. The second kappa shape index (κ2) is 5.59. The Balaban J connectivity index is 0.00000112. The maximum atomic E-state index is 5.96. The van der Waals surface area contributed by atoms with E-state index in [1.165, 1.54) is 5.69 Å². The van der Waals surface area contributed by atoms with Gasteiger partial charge in [0.05, 0.1) is 0 Å². The van der Waals surface area contributed by atoms with Gasteiger partial charge in [-0.25, -0.2) is 0 Å². The van der Waals surface area contributed by atoms with Crippen molar-refractivity contribution in [3.63, 3.8) is 0 Å². The highest BCUT2D eigenvalue weighted by atomic mass is 35.5. The summed E-state index contributed by atoms with van der Waals surface area (Å²) in [5, 5.41) is 4.24. The van der Waals surface area contributed by atoms with E-state index in [2.05, 4.69) is 23.2 Å². The van der Waals surface area contributed by atoms with Crippen molar-refractivity contribution in [2.24, 2.45) is 0 Å². The standard InChI is InChI=1S/C11H15ClN2.ClH/c1-9-8-14(6-5-13-9)11-4-2-3-10(12)7-11;/h2-4,7,9,13H,5-6,8H2,1H3;1H/t9-;/m0./s1. The Labute approximate surface area is 102 Å². The van der Waals surface area contributed by atoms with Crippen LogP contribution in [0, 0.1) is 0 Å². The van der Waals surface area contributed by atoms with Gasteiger partial charge in [0.2, 0.25) is 0 Å². The molecule has 0 bridgehead atoms. The van der Waals surface area contributed by atoms with Crippen LogP contribution in [0.4, 0.5) is 5.69 Å². The smallest absolute Gasteiger partial charge is 0.0426 e. The molecule has 0 saturated carbocycles. The first-order chi connectivity index (χ1) is 6.75. The summed E-state index contributed by atoms with van der Waals surface area (Å²) in [4.78, 5) is 2.37. The molecule has 15 heavy (non-hydrogen) atoms. The van der Waals surface area contributed by atoms with Crippen molar-refractivity contribution in [3.05, 3.63) is 29.3 Å². The topological polar surface area (TPSA) is 15.3 Å². The zero-order chi connectivity index (χ0) is 9.97. The van der Waals surface area contributed by atoms with Gasteiger partial charge in [0.15, 0.2) is 0 Å². The first kappa shape index (κ1) is 12.6. The fourth-order valence-electron chi connectivity index (χ4n) is 1.84. The van der Waals surface area contributed by atoms with Crippen LogP contribution in [-0.2, 0) is 0 Å². The van der Waals surface area contributed by atoms with Gasteiger partial charge in [-0.2, -0.15) is 0 Å². The molecule has 0 amide bonds. The highest BCUT2D eigenvalue weighted by molar-refractivity contribution is 6.30. The van der Waals surface area contributed by atoms with E-state index in [4.69, 9.17) is 11.6 Å². The Kier molecular flexibility index (Phi) is 4.71. The minimum atomic E-state index is 0. The van der Waals surface area contributed by atoms with Crippen LogP contribution in [-0.4, -0.2) is 25.7 Å². The number of anilines is 1. The third kappa shape index (κ3) is 3.26. The lowest BCUT2D eigenvalue weighted by molar-refractivity contribution is 0.485. The van der Waals surface area contributed by atoms with E-state index in [1.54, 1.807) is 0 Å². The molecule has 1 atom stereocenters. The maximum Gasteiger partial charge on any atom is 0.0426 e. The van der Waals surface area contributed by atoms with Crippen LogP contribution < -0.4 is 10.2 Å². The summed E-state index contributed by atoms with van der Waals surface area (Å²) < 4.78 is 0. The summed E-state index contributed by atoms with van der Waals surface area (Å²) in [6, 6.07) is 8.62. The molecule has 0 aliphatic carbocycles. The van der Waals surface area contributed by atoms with Gasteiger partial charge in [-0.1, -0.05) is 17.7 Å². The molecule has 1 fully saturated rings. The number of hydrogen-bond acceptors (Lipinski definition) is 2. The molecule has 4 heteroatoms. The molecule has 0 unspecified atom stereocenters. The van der Waals surface area contributed by atoms with Crippen molar-refractivity contribution in [2.75, 3.05) is 24.5 Å². The summed E-state index contributed by atoms with van der Waals surface area (Å²) in [7, 11) is 0. The van der Waals surface area contributed by atoms with Gasteiger partial charge >= 0.3 is 0 Å². The Hall–Kier alpha value is -0.440. The predicted molar refractivity (Wildman–Crippen MR) is 68.4 cm³/mol. The molecule has 1 aliphatic rings. The molecule has 84 valence electrons. The van der Waals surface area contributed by atoms with Gasteiger partial charge in [-0.3, -0.25) is 0 Å². The van der Waals surface area contributed by atoms with Crippen molar-refractivity contribution in [1.29, 1.82) is 0 Å². The molecule has 1 saturated heterocycles. The Morgan fingerprint density at radius 2 is 2.27 bits per heavy atom. The summed E-state index contributed by atoms with van der Waals surface area (Å²) in [6.45, 7) is 5.37. The number of rotatable bonds is 1. The van der Waals surface area contributed by atoms with Crippen LogP contribution in [0.1, 0.15) is 6.92 Å². The molecule has 1 heterocycles. The number of halogens is 2. The Morgan fingerprint density at radius 1 is 1.47 bits per heavy atom. The normalized spacial score (nSPS) is 20.9. The van der Waals surface area contributed by atoms with Gasteiger partial charge in [-0.15, -0.1) is 12.4 Å². The van der Waals surface area contributed by atoms with Crippen LogP contribution in [0.3, 0.4) is 0 Å². The lowest BCUT2D eigenvalue weighted by Gasteiger charge is -2.33. The van der Waals surface area contributed by atoms with Crippen molar-refractivity contribution < 1.29 is 0 Å². The van der Waals surface area contributed by atoms with E-state index in [-0.39, 0.29) is 12.4 Å². The van der Waals surface area contributed by atoms with Crippen molar-refractivity contribution in [3.8, 4) is 0 Å². The highest BCUT2D eigenvalue weighted by Crippen LogP contribution is 2.20. The lowest BCUT2D eigenvalue weighted by Crippen LogP contribution is -2.49. The first-order valence-electron chi connectivity index (χ1n) is 4.99. The SMILES string of the molecule is C[C@H]1CN(c2cccc(Cl)c2)CCN1.Cl. The molecule has 1 N–H and O–H groups in total. The lowest BCUT2D eigenvalue weighted by atomic mass is 10.2. The Bertz CT molecular complexity index is 317. The van der Waals surface area contributed by atoms with Crippen molar-refractivity contribution in [2.45, 2.75) is 13.0 Å². The third-order valence-corrected chi connectivity index (χ3v) is 2.78. The molecule has 0 spiro atoms. The minimum absolute atomic E-state index is 0. The van der Waals surface area contributed by atoms with Crippen LogP contribution >= 0.6 is 24.0 Å². The number of nitrogens with zero attached hydrogens (tertiary/aromatic N) is 1. The first-order valence-corrected chi connectivity index (χ1v) is 5.37. The highest BCUT2D eigenvalue weighted by Gasteiger charge is 2.15. The molecule has 2 nitrogen and oxygen atoms in total. The number of benzene rings is 1. The van der Waals surface area contributed by atoms with E-state index in [9.17, 15) is 0 Å². The second-order valence-corrected chi connectivity index (χ2v) is 4.22. The summed E-state index contributed by atoms with van der Waals surface area (Å²) in [6.07, 6.45) is 0. The van der Waals surface area contributed by atoms with Gasteiger partial charge in [0.1, 0.15) is 0 Å². The average molecular weight is 247 g/mol. The van der Waals surface area contributed by atoms with E-state index in [0.717, 1.165) is 24.7 Å². The zero-order valence-corrected chi connectivity index (χ0v) is 10.3. The van der Waals surface area contributed by atoms with Gasteiger partial charge in [-0.05, 0) is 25.1 Å². The van der Waals surface area contributed by atoms with E-state index in [1.807, 2.05) is 18.2 Å². The molecule has 0 radical (unpaired) electrons. The van der Waals surface area contributed by atoms with E-state index in [0.29, 0.717) is 6.04 Å². The van der Waals surface area contributed by atoms with Crippen molar-refractivity contribution >= 4 is 29.7 Å². The van der Waals surface area contributed by atoms with Gasteiger partial charge in [0, 0.05) is 36.4 Å². The van der Waals surface area contributed by atoms with E-state index >= 15 is 0 Å². The second-order valence-electron chi connectivity index (χ2n) is 3.78. The van der Waals surface area contributed by atoms with Gasteiger partial charge in [0.25, 0.3) is 0 Å². The minimum Gasteiger partial charge on any atom is -0.369 e. The number of nitrogens with one attached hydrogen (secondary N) is 1. The van der Waals surface area contributed by atoms with Crippen LogP contribution in [0.5, 0.6) is 0 Å². The molecular formula is C11H16Cl2N2. The third-order valence-electron chi connectivity index (χ3n) is 2.54. The zero-order valence-electron chi connectivity index (χ0n) is 8.74. The van der Waals surface area contributed by atoms with Crippen molar-refractivity contribution in [1.82, 2.24) is 5.32 Å². The number of hydrogen-bond donors (Lipinski definition) is 1. The monoisotopic (exact) mass is 246 g/mol. The molecule has 1 aromatic rings. The predicted octanol–water partition coefficient (Wildman–Crippen LogP) is 2.56. The molecule has 0 aromatic heterocycles. The largest absolute Gasteiger partial charge is 0.369 e. The fraction of sp³-hybridized carbons (Fsp3) is 0.455. The van der Waals surface area contributed by atoms with E-state index < -0.39 is 0 Å². The summed E-state index contributed by atoms with van der Waals surface area (Å²) in [5.41, 5.74) is 1.23. The maximum absolute atomic E-state index is 5.96. The molecule has 2 rings (SSSR count). The molecule has 1 aromatic carbocycles. The average Bonchev–Trinajstić information content (AvgIpc) is 2.18. The van der Waals surface area contributed by atoms with Crippen LogP contribution in [0.2, 0.25) is 5.02 Å². The summed E-state index contributed by atoms with van der Waals surface area (Å²) in [5.74, 6) is 0. The van der Waals surface area contributed by atoms with Crippen LogP contribution in [0.15, 0.2) is 24.3 Å². The number of piperazine rings is 1. The fourth-order valence-corrected chi connectivity index (χ4v) is 2.02. The Morgan fingerprint density at radius 3 is 2.93 bits per heavy atom. The quantitative estimate of drug-likeness (QED) is 0.820. The van der Waals surface area contributed by atoms with Crippen LogP contribution in [0.25, 0.3) is 0 Å².